The van der Waals surface area contributed by atoms with Crippen LogP contribution < -0.4 is 0 Å². The highest BCUT2D eigenvalue weighted by Gasteiger charge is 2.16. The third-order valence-electron chi connectivity index (χ3n) is 1.45. The molecule has 72 valence electrons. The van der Waals surface area contributed by atoms with Gasteiger partial charge in [-0.1, -0.05) is 0 Å². The van der Waals surface area contributed by atoms with Crippen molar-refractivity contribution in [3.63, 3.8) is 0 Å². The molecule has 0 saturated carbocycles. The first-order chi connectivity index (χ1) is 6.06. The maximum absolute atomic E-state index is 12.5. The molecule has 1 aromatic rings. The van der Waals surface area contributed by atoms with E-state index in [0.29, 0.717) is 13.9 Å². The van der Waals surface area contributed by atoms with Gasteiger partial charge in [-0.05, 0) is 44.6 Å². The lowest BCUT2D eigenvalue weighted by molar-refractivity contribution is 0.150. The van der Waals surface area contributed by atoms with Crippen molar-refractivity contribution in [2.75, 3.05) is 0 Å². The van der Waals surface area contributed by atoms with Crippen molar-refractivity contribution in [1.29, 1.82) is 0 Å². The Bertz CT molecular complexity index is 322. The maximum atomic E-state index is 12.5. The Kier molecular flexibility index (Phi) is 4.31. The minimum absolute atomic E-state index is 0.0319. The van der Waals surface area contributed by atoms with E-state index in [4.69, 9.17) is 11.6 Å². The van der Waals surface area contributed by atoms with Gasteiger partial charge in [0.25, 0.3) is 6.43 Å². The van der Waals surface area contributed by atoms with Crippen LogP contribution in [0.2, 0.25) is 0 Å². The average Bonchev–Trinajstić information content (AvgIpc) is 2.02. The highest BCUT2D eigenvalue weighted by molar-refractivity contribution is 14.1. The van der Waals surface area contributed by atoms with Crippen molar-refractivity contribution in [2.24, 2.45) is 0 Å². The van der Waals surface area contributed by atoms with Crippen LogP contribution in [0.4, 0.5) is 8.78 Å². The first-order valence-electron chi connectivity index (χ1n) is 3.25. The van der Waals surface area contributed by atoms with Gasteiger partial charge in [-0.2, -0.15) is 0 Å². The van der Waals surface area contributed by atoms with Crippen LogP contribution in [0.3, 0.4) is 0 Å². The van der Waals surface area contributed by atoms with E-state index in [1.54, 1.807) is 0 Å². The lowest BCUT2D eigenvalue weighted by Crippen LogP contribution is -1.98. The second-order valence-corrected chi connectivity index (χ2v) is 4.36. The van der Waals surface area contributed by atoms with E-state index in [1.165, 1.54) is 6.07 Å². The Morgan fingerprint density at radius 3 is 2.69 bits per heavy atom. The van der Waals surface area contributed by atoms with Crippen LogP contribution in [-0.4, -0.2) is 4.98 Å². The molecule has 0 aliphatic heterocycles. The smallest absolute Gasteiger partial charge is 0.235 e. The molecule has 0 atom stereocenters. The average molecular weight is 382 g/mol. The Balaban J connectivity index is 3.29. The van der Waals surface area contributed by atoms with Gasteiger partial charge in [-0.3, -0.25) is 0 Å². The second kappa shape index (κ2) is 4.84. The molecule has 0 bridgehead atoms. The summed E-state index contributed by atoms with van der Waals surface area (Å²) in [6.45, 7) is 0. The van der Waals surface area contributed by atoms with Gasteiger partial charge < -0.3 is 0 Å². The molecule has 6 heteroatoms. The van der Waals surface area contributed by atoms with Crippen molar-refractivity contribution < 1.29 is 8.78 Å². The molecule has 0 aliphatic carbocycles. The molecular weight excluding hydrogens is 378 g/mol. The quantitative estimate of drug-likeness (QED) is 0.426. The second-order valence-electron chi connectivity index (χ2n) is 2.24. The monoisotopic (exact) mass is 381 g/mol. The Morgan fingerprint density at radius 1 is 1.62 bits per heavy atom. The van der Waals surface area contributed by atoms with Gasteiger partial charge in [0.05, 0.1) is 5.88 Å². The van der Waals surface area contributed by atoms with Gasteiger partial charge in [0.1, 0.15) is 8.30 Å². The van der Waals surface area contributed by atoms with E-state index >= 15 is 0 Å². The zero-order chi connectivity index (χ0) is 10.0. The van der Waals surface area contributed by atoms with Gasteiger partial charge >= 0.3 is 0 Å². The Morgan fingerprint density at radius 2 is 2.23 bits per heavy atom. The molecule has 0 N–H and O–H groups in total. The van der Waals surface area contributed by atoms with Crippen LogP contribution in [0.5, 0.6) is 0 Å². The standard InChI is InChI=1S/C7H4BrClF2IN/c8-6-4(2-9)3(7(10)11)1-5(12)13-6/h1,7H,2H2. The zero-order valence-electron chi connectivity index (χ0n) is 6.20. The molecule has 0 radical (unpaired) electrons. The summed E-state index contributed by atoms with van der Waals surface area (Å²) < 4.78 is 25.8. The Labute approximate surface area is 101 Å². The van der Waals surface area contributed by atoms with Crippen molar-refractivity contribution in [1.82, 2.24) is 4.98 Å². The lowest BCUT2D eigenvalue weighted by Gasteiger charge is -2.08. The van der Waals surface area contributed by atoms with Crippen LogP contribution in [0, 0.1) is 3.70 Å². The molecule has 0 saturated heterocycles. The number of halogens is 5. The van der Waals surface area contributed by atoms with Gasteiger partial charge in [-0.25, -0.2) is 13.8 Å². The molecular formula is C7H4BrClF2IN. The minimum atomic E-state index is -2.51. The SMILES string of the molecule is FC(F)c1cc(I)nc(Br)c1CCl. The Hall–Kier alpha value is 0.510. The van der Waals surface area contributed by atoms with E-state index in [2.05, 4.69) is 20.9 Å². The van der Waals surface area contributed by atoms with E-state index in [0.717, 1.165) is 0 Å². The number of pyridine rings is 1. The lowest BCUT2D eigenvalue weighted by atomic mass is 10.2. The van der Waals surface area contributed by atoms with E-state index in [1.807, 2.05) is 22.6 Å². The molecule has 13 heavy (non-hydrogen) atoms. The zero-order valence-corrected chi connectivity index (χ0v) is 10.7. The largest absolute Gasteiger partial charge is 0.264 e. The van der Waals surface area contributed by atoms with Crippen molar-refractivity contribution >= 4 is 50.1 Å². The normalized spacial score (nSPS) is 10.9. The summed E-state index contributed by atoms with van der Waals surface area (Å²) in [5.74, 6) is 0.0319. The fraction of sp³-hybridized carbons (Fsp3) is 0.286. The molecule has 0 amide bonds. The maximum Gasteiger partial charge on any atom is 0.264 e. The predicted molar refractivity (Wildman–Crippen MR) is 59.2 cm³/mol. The minimum Gasteiger partial charge on any atom is -0.235 e. The summed E-state index contributed by atoms with van der Waals surface area (Å²) in [7, 11) is 0. The first kappa shape index (κ1) is 11.6. The summed E-state index contributed by atoms with van der Waals surface area (Å²) in [6, 6.07) is 1.34. The van der Waals surface area contributed by atoms with Crippen molar-refractivity contribution in [3.05, 3.63) is 25.5 Å². The fourth-order valence-electron chi connectivity index (χ4n) is 0.855. The fourth-order valence-corrected chi connectivity index (χ4v) is 2.77. The number of rotatable bonds is 2. The molecule has 0 aliphatic rings. The number of alkyl halides is 3. The highest BCUT2D eigenvalue weighted by Crippen LogP contribution is 2.29. The molecule has 0 aromatic carbocycles. The summed E-state index contributed by atoms with van der Waals surface area (Å²) in [5, 5.41) is 0. The molecule has 1 rings (SSSR count). The summed E-state index contributed by atoms with van der Waals surface area (Å²) in [5.41, 5.74) is 0.304. The van der Waals surface area contributed by atoms with Gasteiger partial charge in [-0.15, -0.1) is 11.6 Å². The van der Waals surface area contributed by atoms with E-state index in [9.17, 15) is 8.78 Å². The first-order valence-corrected chi connectivity index (χ1v) is 5.65. The topological polar surface area (TPSA) is 12.9 Å². The molecule has 1 nitrogen and oxygen atoms in total. The van der Waals surface area contributed by atoms with Gasteiger partial charge in [0, 0.05) is 11.1 Å². The molecule has 0 spiro atoms. The van der Waals surface area contributed by atoms with E-state index in [-0.39, 0.29) is 11.4 Å². The molecule has 0 unspecified atom stereocenters. The number of aromatic nitrogens is 1. The van der Waals surface area contributed by atoms with Crippen molar-refractivity contribution in [2.45, 2.75) is 12.3 Å². The molecule has 0 fully saturated rings. The summed E-state index contributed by atoms with van der Waals surface area (Å²) in [6.07, 6.45) is -2.51. The summed E-state index contributed by atoms with van der Waals surface area (Å²) in [4.78, 5) is 3.97. The predicted octanol–water partition coefficient (Wildman–Crippen LogP) is 4.13. The third-order valence-corrected chi connectivity index (χ3v) is 2.92. The van der Waals surface area contributed by atoms with Crippen LogP contribution >= 0.6 is 50.1 Å². The summed E-state index contributed by atoms with van der Waals surface area (Å²) >= 11 is 10.5. The van der Waals surface area contributed by atoms with Crippen LogP contribution in [-0.2, 0) is 5.88 Å². The van der Waals surface area contributed by atoms with Gasteiger partial charge in [0.2, 0.25) is 0 Å². The van der Waals surface area contributed by atoms with Crippen LogP contribution in [0.15, 0.2) is 10.7 Å². The number of hydrogen-bond acceptors (Lipinski definition) is 1. The van der Waals surface area contributed by atoms with Gasteiger partial charge in [0.15, 0.2) is 0 Å². The van der Waals surface area contributed by atoms with Crippen molar-refractivity contribution in [3.8, 4) is 0 Å². The number of nitrogens with zero attached hydrogens (tertiary/aromatic N) is 1. The highest BCUT2D eigenvalue weighted by atomic mass is 127. The number of hydrogen-bond donors (Lipinski definition) is 0. The molecule has 1 aromatic heterocycles. The van der Waals surface area contributed by atoms with E-state index < -0.39 is 6.43 Å². The van der Waals surface area contributed by atoms with Crippen LogP contribution in [0.1, 0.15) is 17.6 Å². The molecule has 1 heterocycles. The third kappa shape index (κ3) is 2.73. The van der Waals surface area contributed by atoms with Crippen LogP contribution in [0.25, 0.3) is 0 Å².